The number of hydrogen-bond acceptors (Lipinski definition) is 5. The van der Waals surface area contributed by atoms with Gasteiger partial charge < -0.3 is 19.2 Å². The lowest BCUT2D eigenvalue weighted by molar-refractivity contribution is -0.121. The Hall–Kier alpha value is -2.70. The van der Waals surface area contributed by atoms with Gasteiger partial charge in [0.15, 0.2) is 23.1 Å². The van der Waals surface area contributed by atoms with Crippen LogP contribution in [0.5, 0.6) is 11.5 Å². The van der Waals surface area contributed by atoms with Crippen molar-refractivity contribution in [3.05, 3.63) is 64.1 Å². The molecule has 4 rings (SSSR count). The Balaban J connectivity index is 1.30. The van der Waals surface area contributed by atoms with Crippen LogP contribution in [0.2, 0.25) is 10.0 Å². The molecule has 0 radical (unpaired) electrons. The Morgan fingerprint density at radius 2 is 1.96 bits per heavy atom. The summed E-state index contributed by atoms with van der Waals surface area (Å²) in [6.07, 6.45) is 2.24. The summed E-state index contributed by atoms with van der Waals surface area (Å²) in [5, 5.41) is 3.91. The van der Waals surface area contributed by atoms with E-state index in [0.717, 1.165) is 11.3 Å². The van der Waals surface area contributed by atoms with E-state index in [1.807, 2.05) is 18.2 Å². The zero-order valence-corrected chi connectivity index (χ0v) is 16.2. The molecule has 1 N–H and O–H groups in total. The molecule has 0 aliphatic carbocycles. The van der Waals surface area contributed by atoms with Gasteiger partial charge in [0.2, 0.25) is 12.7 Å². The van der Waals surface area contributed by atoms with E-state index in [1.165, 1.54) is 0 Å². The third kappa shape index (κ3) is 4.24. The second-order valence-corrected chi connectivity index (χ2v) is 7.05. The Morgan fingerprint density at radius 3 is 2.82 bits per heavy atom. The molecular weight excluding hydrogens is 403 g/mol. The molecule has 0 spiro atoms. The molecular formula is C20H16Cl2N2O4. The summed E-state index contributed by atoms with van der Waals surface area (Å²) in [6.45, 7) is 0.636. The van der Waals surface area contributed by atoms with Gasteiger partial charge >= 0.3 is 0 Å². The normalized spacial score (nSPS) is 12.2. The summed E-state index contributed by atoms with van der Waals surface area (Å²) in [6, 6.07) is 10.7. The summed E-state index contributed by atoms with van der Waals surface area (Å²) in [5.74, 6) is 2.33. The number of halogens is 2. The van der Waals surface area contributed by atoms with Gasteiger partial charge in [0.05, 0.1) is 11.2 Å². The van der Waals surface area contributed by atoms with Gasteiger partial charge in [0.1, 0.15) is 0 Å². The van der Waals surface area contributed by atoms with Crippen molar-refractivity contribution in [1.29, 1.82) is 0 Å². The van der Waals surface area contributed by atoms with E-state index in [0.29, 0.717) is 46.0 Å². The van der Waals surface area contributed by atoms with Crippen LogP contribution in [-0.4, -0.2) is 17.7 Å². The molecule has 0 saturated carbocycles. The molecule has 1 aromatic heterocycles. The molecule has 1 amide bonds. The smallest absolute Gasteiger partial charge is 0.231 e. The van der Waals surface area contributed by atoms with Crippen molar-refractivity contribution in [3.63, 3.8) is 0 Å². The summed E-state index contributed by atoms with van der Waals surface area (Å²) < 4.78 is 16.3. The van der Waals surface area contributed by atoms with Gasteiger partial charge in [0, 0.05) is 30.0 Å². The van der Waals surface area contributed by atoms with Crippen molar-refractivity contribution in [2.24, 2.45) is 0 Å². The molecule has 0 unspecified atom stereocenters. The fourth-order valence-electron chi connectivity index (χ4n) is 2.80. The maximum atomic E-state index is 12.1. The fourth-order valence-corrected chi connectivity index (χ4v) is 3.30. The SMILES string of the molecule is O=C(CCc1ncc(-c2ccc(Cl)cc2Cl)o1)NCc1ccc2c(c1)OCO2. The number of nitrogens with zero attached hydrogens (tertiary/aromatic N) is 1. The number of aromatic nitrogens is 1. The first kappa shape index (κ1) is 18.7. The van der Waals surface area contributed by atoms with Crippen molar-refractivity contribution in [2.45, 2.75) is 19.4 Å². The first-order valence-electron chi connectivity index (χ1n) is 8.64. The number of aryl methyl sites for hydroxylation is 1. The molecule has 3 aromatic rings. The lowest BCUT2D eigenvalue weighted by Gasteiger charge is -2.05. The third-order valence-corrected chi connectivity index (χ3v) is 4.79. The second-order valence-electron chi connectivity index (χ2n) is 6.21. The van der Waals surface area contributed by atoms with Gasteiger partial charge in [0.25, 0.3) is 0 Å². The summed E-state index contributed by atoms with van der Waals surface area (Å²) in [7, 11) is 0. The quantitative estimate of drug-likeness (QED) is 0.631. The molecule has 1 aliphatic heterocycles. The molecule has 2 heterocycles. The van der Waals surface area contributed by atoms with Crippen LogP contribution in [-0.2, 0) is 17.8 Å². The summed E-state index contributed by atoms with van der Waals surface area (Å²) >= 11 is 12.1. The minimum Gasteiger partial charge on any atom is -0.454 e. The third-order valence-electron chi connectivity index (χ3n) is 4.24. The van der Waals surface area contributed by atoms with Crippen molar-refractivity contribution in [2.75, 3.05) is 6.79 Å². The maximum Gasteiger partial charge on any atom is 0.231 e. The number of ether oxygens (including phenoxy) is 2. The van der Waals surface area contributed by atoms with Crippen molar-refractivity contribution >= 4 is 29.1 Å². The highest BCUT2D eigenvalue weighted by Gasteiger charge is 2.14. The lowest BCUT2D eigenvalue weighted by atomic mass is 10.2. The Kier molecular flexibility index (Phi) is 5.41. The number of amides is 1. The van der Waals surface area contributed by atoms with E-state index >= 15 is 0 Å². The number of hydrogen-bond donors (Lipinski definition) is 1. The number of fused-ring (bicyclic) bond motifs is 1. The lowest BCUT2D eigenvalue weighted by Crippen LogP contribution is -2.23. The summed E-state index contributed by atoms with van der Waals surface area (Å²) in [5.41, 5.74) is 1.64. The molecule has 8 heteroatoms. The Bertz CT molecular complexity index is 1020. The van der Waals surface area contributed by atoms with E-state index in [9.17, 15) is 4.79 Å². The molecule has 0 atom stereocenters. The molecule has 6 nitrogen and oxygen atoms in total. The highest BCUT2D eigenvalue weighted by molar-refractivity contribution is 6.36. The first-order valence-corrected chi connectivity index (χ1v) is 9.39. The average molecular weight is 419 g/mol. The van der Waals surface area contributed by atoms with Crippen LogP contribution >= 0.6 is 23.2 Å². The number of rotatable bonds is 6. The number of carbonyl (C=O) groups excluding carboxylic acids is 1. The van der Waals surface area contributed by atoms with Crippen LogP contribution in [0.1, 0.15) is 17.9 Å². The van der Waals surface area contributed by atoms with Gasteiger partial charge in [-0.05, 0) is 35.9 Å². The molecule has 0 saturated heterocycles. The van der Waals surface area contributed by atoms with E-state index in [2.05, 4.69) is 10.3 Å². The molecule has 1 aliphatic rings. The molecule has 0 bridgehead atoms. The second kappa shape index (κ2) is 8.12. The van der Waals surface area contributed by atoms with Crippen molar-refractivity contribution in [3.8, 4) is 22.8 Å². The molecule has 0 fully saturated rings. The highest BCUT2D eigenvalue weighted by Crippen LogP contribution is 2.32. The van der Waals surface area contributed by atoms with Crippen LogP contribution in [0, 0.1) is 0 Å². The number of benzene rings is 2. The zero-order valence-electron chi connectivity index (χ0n) is 14.7. The van der Waals surface area contributed by atoms with Crippen molar-refractivity contribution < 1.29 is 18.7 Å². The molecule has 144 valence electrons. The van der Waals surface area contributed by atoms with Crippen LogP contribution in [0.25, 0.3) is 11.3 Å². The van der Waals surface area contributed by atoms with Crippen LogP contribution < -0.4 is 14.8 Å². The number of carbonyl (C=O) groups is 1. The molecule has 2 aromatic carbocycles. The monoisotopic (exact) mass is 418 g/mol. The van der Waals surface area contributed by atoms with Crippen molar-refractivity contribution in [1.82, 2.24) is 10.3 Å². The largest absolute Gasteiger partial charge is 0.454 e. The minimum absolute atomic E-state index is 0.0954. The van der Waals surface area contributed by atoms with Crippen LogP contribution in [0.3, 0.4) is 0 Å². The average Bonchev–Trinajstić information content (AvgIpc) is 3.33. The molecule has 28 heavy (non-hydrogen) atoms. The zero-order chi connectivity index (χ0) is 19.5. The van der Waals surface area contributed by atoms with Crippen LogP contribution in [0.15, 0.2) is 47.0 Å². The Morgan fingerprint density at radius 1 is 1.11 bits per heavy atom. The Labute approximate surface area is 171 Å². The van der Waals surface area contributed by atoms with E-state index in [-0.39, 0.29) is 19.1 Å². The summed E-state index contributed by atoms with van der Waals surface area (Å²) in [4.78, 5) is 16.3. The van der Waals surface area contributed by atoms with Crippen LogP contribution in [0.4, 0.5) is 0 Å². The van der Waals surface area contributed by atoms with E-state index in [1.54, 1.807) is 24.4 Å². The minimum atomic E-state index is -0.0954. The van der Waals surface area contributed by atoms with E-state index < -0.39 is 0 Å². The van der Waals surface area contributed by atoms with Gasteiger partial charge in [-0.1, -0.05) is 29.3 Å². The first-order chi connectivity index (χ1) is 13.6. The van der Waals surface area contributed by atoms with Gasteiger partial charge in [-0.15, -0.1) is 0 Å². The highest BCUT2D eigenvalue weighted by atomic mass is 35.5. The maximum absolute atomic E-state index is 12.1. The van der Waals surface area contributed by atoms with Gasteiger partial charge in [-0.3, -0.25) is 4.79 Å². The predicted molar refractivity (Wildman–Crippen MR) is 105 cm³/mol. The topological polar surface area (TPSA) is 73.6 Å². The fraction of sp³-hybridized carbons (Fsp3) is 0.200. The van der Waals surface area contributed by atoms with Gasteiger partial charge in [-0.2, -0.15) is 0 Å². The predicted octanol–water partition coefficient (Wildman–Crippen LogP) is 4.63. The van der Waals surface area contributed by atoms with E-state index in [4.69, 9.17) is 37.1 Å². The number of oxazole rings is 1. The van der Waals surface area contributed by atoms with Gasteiger partial charge in [-0.25, -0.2) is 4.98 Å². The number of nitrogens with one attached hydrogen (secondary N) is 1. The standard InChI is InChI=1S/C20H16Cl2N2O4/c21-13-2-3-14(15(22)8-13)18-10-24-20(28-18)6-5-19(25)23-9-12-1-4-16-17(7-12)27-11-26-16/h1-4,7-8,10H,5-6,9,11H2,(H,23,25).